The summed E-state index contributed by atoms with van der Waals surface area (Å²) in [6.45, 7) is 7.65. The van der Waals surface area contributed by atoms with E-state index in [2.05, 4.69) is 43.5 Å². The lowest BCUT2D eigenvalue weighted by Crippen LogP contribution is -2.61. The zero-order valence-electron chi connectivity index (χ0n) is 60.9. The highest BCUT2D eigenvalue weighted by atomic mass is 31.2. The molecule has 11 atom stereocenters. The summed E-state index contributed by atoms with van der Waals surface area (Å²) in [5.74, 6) is -0.924. The Hall–Kier alpha value is -2.27. The Balaban J connectivity index is 2.11. The molecule has 29 heteroatoms. The second-order valence-electron chi connectivity index (χ2n) is 24.9. The number of aliphatic hydroxyl groups is 8. The van der Waals surface area contributed by atoms with Crippen molar-refractivity contribution in [1.29, 1.82) is 0 Å². The monoisotopic (exact) mass is 1470 g/mol. The number of rotatable bonds is 76. The highest BCUT2D eigenvalue weighted by molar-refractivity contribution is 7.47. The van der Waals surface area contributed by atoms with E-state index >= 15 is 0 Å². The molecule has 1 fully saturated rings. The maximum atomic E-state index is 12.9. The fraction of sp³-hybridized carbons (Fsp3) is 0.915. The maximum Gasteiger partial charge on any atom is 0.472 e. The number of carbonyl (C=O) groups is 2. The van der Waals surface area contributed by atoms with E-state index in [1.165, 1.54) is 77.0 Å². The van der Waals surface area contributed by atoms with Gasteiger partial charge in [0.25, 0.3) is 0 Å². The Labute approximate surface area is 597 Å². The van der Waals surface area contributed by atoms with Crippen LogP contribution >= 0.6 is 7.82 Å². The summed E-state index contributed by atoms with van der Waals surface area (Å²) >= 11 is 0. The van der Waals surface area contributed by atoms with E-state index in [1.54, 1.807) is 0 Å². The molecular formula is C71H136NO27P. The summed E-state index contributed by atoms with van der Waals surface area (Å²) in [5, 5.41) is 83.4. The maximum absolute atomic E-state index is 12.9. The fourth-order valence-electron chi connectivity index (χ4n) is 10.2. The molecule has 1 saturated heterocycles. The van der Waals surface area contributed by atoms with E-state index in [0.29, 0.717) is 98.7 Å². The lowest BCUT2D eigenvalue weighted by Gasteiger charge is -2.42. The van der Waals surface area contributed by atoms with Crippen LogP contribution in [0.5, 0.6) is 0 Å². The molecule has 0 spiro atoms. The molecule has 0 aliphatic carbocycles. The van der Waals surface area contributed by atoms with Crippen LogP contribution in [-0.2, 0) is 84.8 Å². The number of hydrogen-bond donors (Lipinski definition) is 10. The minimum atomic E-state index is -4.58. The topological polar surface area (TPSA) is 384 Å². The average Bonchev–Trinajstić information content (AvgIpc) is 0.809. The molecule has 0 amide bonds. The number of phosphoric ester groups is 1. The molecule has 0 aromatic carbocycles. The van der Waals surface area contributed by atoms with Gasteiger partial charge < -0.3 is 113 Å². The minimum Gasteiger partial charge on any atom is -0.462 e. The molecule has 1 aliphatic heterocycles. The molecule has 100 heavy (non-hydrogen) atoms. The number of aliphatic hydroxyl groups excluding tert-OH is 8. The van der Waals surface area contributed by atoms with Crippen LogP contribution in [-0.4, -0.2) is 284 Å². The van der Waals surface area contributed by atoms with E-state index in [1.807, 2.05) is 0 Å². The van der Waals surface area contributed by atoms with Crippen molar-refractivity contribution < 1.29 is 131 Å². The number of allylic oxidation sites excluding steroid dienone is 4. The van der Waals surface area contributed by atoms with Gasteiger partial charge in [-0.1, -0.05) is 141 Å². The van der Waals surface area contributed by atoms with Crippen LogP contribution < -0.4 is 5.32 Å². The van der Waals surface area contributed by atoms with Crippen molar-refractivity contribution in [3.63, 3.8) is 0 Å². The number of ether oxygens (including phenoxy) is 13. The van der Waals surface area contributed by atoms with Gasteiger partial charge in [0.05, 0.1) is 151 Å². The van der Waals surface area contributed by atoms with Crippen LogP contribution in [0, 0.1) is 0 Å². The lowest BCUT2D eigenvalue weighted by atomic mass is 9.98. The molecule has 0 saturated carbocycles. The fourth-order valence-corrected chi connectivity index (χ4v) is 10.9. The van der Waals surface area contributed by atoms with Crippen LogP contribution in [0.3, 0.4) is 0 Å². The van der Waals surface area contributed by atoms with Gasteiger partial charge in [0, 0.05) is 25.9 Å². The summed E-state index contributed by atoms with van der Waals surface area (Å²) < 4.78 is 94.3. The van der Waals surface area contributed by atoms with E-state index in [9.17, 15) is 59.9 Å². The van der Waals surface area contributed by atoms with E-state index in [-0.39, 0.29) is 72.2 Å². The first-order valence-corrected chi connectivity index (χ1v) is 39.0. The number of nitrogens with one attached hydrogen (secondary N) is 1. The normalized spacial score (nSPS) is 18.8. The van der Waals surface area contributed by atoms with Crippen LogP contribution in [0.2, 0.25) is 0 Å². The molecule has 0 bridgehead atoms. The first-order valence-electron chi connectivity index (χ1n) is 37.5. The number of carbonyl (C=O) groups excluding carboxylic acids is 2. The van der Waals surface area contributed by atoms with Crippen LogP contribution in [0.4, 0.5) is 0 Å². The zero-order chi connectivity index (χ0) is 73.0. The van der Waals surface area contributed by atoms with Gasteiger partial charge >= 0.3 is 19.8 Å². The van der Waals surface area contributed by atoms with Crippen molar-refractivity contribution in [2.75, 3.05) is 165 Å². The largest absolute Gasteiger partial charge is 0.472 e. The Morgan fingerprint density at radius 1 is 0.460 bits per heavy atom. The predicted molar refractivity (Wildman–Crippen MR) is 375 cm³/mol. The Morgan fingerprint density at radius 3 is 1.25 bits per heavy atom. The van der Waals surface area contributed by atoms with Crippen molar-refractivity contribution in [2.24, 2.45) is 0 Å². The number of phosphoric acid groups is 1. The molecule has 0 radical (unpaired) electrons. The van der Waals surface area contributed by atoms with Gasteiger partial charge in [0.2, 0.25) is 0 Å². The van der Waals surface area contributed by atoms with Gasteiger partial charge in [-0.05, 0) is 64.2 Å². The third kappa shape index (κ3) is 57.0. The predicted octanol–water partition coefficient (Wildman–Crippen LogP) is 6.65. The first kappa shape index (κ1) is 95.7. The molecule has 592 valence electrons. The van der Waals surface area contributed by atoms with Gasteiger partial charge in [-0.2, -0.15) is 0 Å². The Bertz CT molecular complexity index is 1920. The number of esters is 2. The number of hydrogen-bond acceptors (Lipinski definition) is 27. The van der Waals surface area contributed by atoms with Crippen LogP contribution in [0.25, 0.3) is 0 Å². The lowest BCUT2D eigenvalue weighted by molar-refractivity contribution is -0.327. The molecular weight excluding hydrogens is 1330 g/mol. The first-order chi connectivity index (χ1) is 48.7. The summed E-state index contributed by atoms with van der Waals surface area (Å²) in [6, 6.07) is 0. The molecule has 0 aromatic heterocycles. The Kier molecular flexibility index (Phi) is 66.8. The van der Waals surface area contributed by atoms with Gasteiger partial charge in [-0.15, -0.1) is 0 Å². The third-order valence-electron chi connectivity index (χ3n) is 16.1. The van der Waals surface area contributed by atoms with Crippen molar-refractivity contribution in [1.82, 2.24) is 5.32 Å². The third-order valence-corrected chi connectivity index (χ3v) is 17.1. The quantitative estimate of drug-likeness (QED) is 0.0132. The van der Waals surface area contributed by atoms with Crippen LogP contribution in [0.1, 0.15) is 194 Å². The SMILES string of the molecule is CCCCCCCC/C=C\CCCCCCCC(=O)OCC(COP(=O)(O)OCCOCCOCCOCCOCCOCCOCCOCCOCCOCCNC[C@H](O)[C@@H](O)[C@H](O[C@@H]1O[C@H](CO)[C@H](O)[C@H](O)[C@H]1O)[C@H](O)CO)OC(=O)CCCCCCC/C=C\CCCCCCCC. The van der Waals surface area contributed by atoms with Crippen LogP contribution in [0.15, 0.2) is 24.3 Å². The van der Waals surface area contributed by atoms with E-state index < -0.39 is 101 Å². The summed E-state index contributed by atoms with van der Waals surface area (Å²) in [5.41, 5.74) is 0. The minimum absolute atomic E-state index is 0.0110. The summed E-state index contributed by atoms with van der Waals surface area (Å²) in [7, 11) is -4.58. The van der Waals surface area contributed by atoms with Gasteiger partial charge in [-0.25, -0.2) is 4.57 Å². The zero-order valence-corrected chi connectivity index (χ0v) is 61.8. The van der Waals surface area contributed by atoms with Gasteiger partial charge in [0.1, 0.15) is 49.3 Å². The molecule has 28 nitrogen and oxygen atoms in total. The molecule has 1 rings (SSSR count). The second kappa shape index (κ2) is 69.8. The smallest absolute Gasteiger partial charge is 0.462 e. The molecule has 1 heterocycles. The summed E-state index contributed by atoms with van der Waals surface area (Å²) in [6.07, 6.45) is 23.1. The average molecular weight is 1470 g/mol. The van der Waals surface area contributed by atoms with E-state index in [4.69, 9.17) is 70.6 Å². The standard InChI is InChI=1S/C71H136NO27P/c1-3-5-7-9-11-13-15-17-19-21-23-25-27-29-31-33-64(77)94-58-60(97-65(78)34-32-30-28-26-24-22-20-18-16-14-12-10-8-6-4-2)59-96-100(83,84)95-54-53-93-52-51-92-50-49-91-48-47-90-46-45-89-44-43-88-42-41-87-40-39-86-38-37-85-36-35-72-55-61(75)66(79)70(62(76)56-73)99-71-69(82)68(81)67(80)63(57-74)98-71/h17-20,60-63,66-76,79-82H,3-16,21-59H2,1-2H3,(H,83,84)/b19-17-,20-18-/t60?,61-,62+,63+,66+,67-,68-,69+,70+,71-/m0/s1. The molecule has 2 unspecified atom stereocenters. The highest BCUT2D eigenvalue weighted by Crippen LogP contribution is 2.43. The molecule has 1 aliphatic rings. The Morgan fingerprint density at radius 2 is 0.840 bits per heavy atom. The van der Waals surface area contributed by atoms with Crippen molar-refractivity contribution in [2.45, 2.75) is 255 Å². The van der Waals surface area contributed by atoms with Crippen molar-refractivity contribution >= 4 is 19.8 Å². The number of unbranched alkanes of at least 4 members (excludes halogenated alkanes) is 22. The second-order valence-corrected chi connectivity index (χ2v) is 26.3. The molecule has 0 aromatic rings. The van der Waals surface area contributed by atoms with Crippen molar-refractivity contribution in [3.05, 3.63) is 24.3 Å². The van der Waals surface area contributed by atoms with Gasteiger partial charge in [0.15, 0.2) is 12.4 Å². The van der Waals surface area contributed by atoms with E-state index in [0.717, 1.165) is 77.0 Å². The van der Waals surface area contributed by atoms with Crippen molar-refractivity contribution in [3.8, 4) is 0 Å². The summed E-state index contributed by atoms with van der Waals surface area (Å²) in [4.78, 5) is 36.0. The molecule has 10 N–H and O–H groups in total. The highest BCUT2D eigenvalue weighted by Gasteiger charge is 2.47. The van der Waals surface area contributed by atoms with Gasteiger partial charge in [-0.3, -0.25) is 18.6 Å².